The van der Waals surface area contributed by atoms with Crippen LogP contribution < -0.4 is 0 Å². The molecule has 3 aromatic heterocycles. The Morgan fingerprint density at radius 2 is 1.08 bits per heavy atom. The van der Waals surface area contributed by atoms with E-state index in [9.17, 15) is 0 Å². The normalized spacial score (nSPS) is 14.7. The van der Waals surface area contributed by atoms with Gasteiger partial charge in [0.25, 0.3) is 0 Å². The Morgan fingerprint density at radius 3 is 1.83 bits per heavy atom. The Bertz CT molecular complexity index is 3370. The number of furan rings is 1. The van der Waals surface area contributed by atoms with Gasteiger partial charge in [-0.3, -0.25) is 0 Å². The van der Waals surface area contributed by atoms with Crippen LogP contribution in [0.5, 0.6) is 0 Å². The van der Waals surface area contributed by atoms with Crippen molar-refractivity contribution in [2.75, 3.05) is 0 Å². The molecular formula is C54H36N4O. The molecule has 3 heterocycles. The highest BCUT2D eigenvalue weighted by molar-refractivity contribution is 6.26. The summed E-state index contributed by atoms with van der Waals surface area (Å²) in [6.45, 7) is 2.40. The van der Waals surface area contributed by atoms with Crippen LogP contribution in [0.15, 0.2) is 192 Å². The fourth-order valence-electron chi connectivity index (χ4n) is 9.62. The van der Waals surface area contributed by atoms with Gasteiger partial charge in [-0.25, -0.2) is 15.0 Å². The Hall–Kier alpha value is -7.63. The summed E-state index contributed by atoms with van der Waals surface area (Å²) < 4.78 is 9.30. The molecule has 278 valence electrons. The molecular weight excluding hydrogens is 721 g/mol. The minimum atomic E-state index is -0.183. The predicted octanol–water partition coefficient (Wildman–Crippen LogP) is 13.4. The van der Waals surface area contributed by atoms with Crippen LogP contribution in [0.25, 0.3) is 94.7 Å². The number of rotatable bonds is 6. The molecule has 0 fully saturated rings. The largest absolute Gasteiger partial charge is 0.454 e. The molecule has 12 rings (SSSR count). The van der Waals surface area contributed by atoms with Crippen LogP contribution in [0, 0.1) is 0 Å². The topological polar surface area (TPSA) is 56.7 Å². The van der Waals surface area contributed by atoms with Gasteiger partial charge in [-0.1, -0.05) is 165 Å². The Morgan fingerprint density at radius 1 is 0.492 bits per heavy atom. The number of nitrogens with zero attached hydrogens (tertiary/aromatic N) is 4. The van der Waals surface area contributed by atoms with Crippen molar-refractivity contribution < 1.29 is 4.42 Å². The SMILES string of the molecule is C[C@]1(Cc2ccccc2)c2ccccc2-c2cc(-n3c4ccccc4c4c(-c5nc(-c6ccccc6)nc(-c6ccccc6)n5)cc5c6ccccc6oc5c43)ccc21. The second kappa shape index (κ2) is 12.9. The van der Waals surface area contributed by atoms with Gasteiger partial charge in [0.15, 0.2) is 23.1 Å². The average molecular weight is 757 g/mol. The third kappa shape index (κ3) is 5.14. The van der Waals surface area contributed by atoms with E-state index in [1.54, 1.807) is 0 Å². The number of para-hydroxylation sites is 2. The molecule has 59 heavy (non-hydrogen) atoms. The van der Waals surface area contributed by atoms with E-state index in [0.717, 1.165) is 72.5 Å². The standard InChI is InChI=1S/C54H36N4O/c1-54(33-34-17-5-2-6-18-34)44-26-14-11-23-38(44)41-31-37(29-30-45(41)54)58-46-27-15-12-25-40(46)48-43(32-42-39-24-13-16-28-47(39)59-50(42)49(48)58)53-56-51(35-19-7-3-8-20-35)55-52(57-53)36-21-9-4-10-22-36/h2-32H,33H2,1H3/t54-/m0/s1. The Labute approximate surface area is 340 Å². The van der Waals surface area contributed by atoms with E-state index < -0.39 is 0 Å². The van der Waals surface area contributed by atoms with Crippen LogP contribution in [-0.2, 0) is 11.8 Å². The van der Waals surface area contributed by atoms with Gasteiger partial charge in [-0.2, -0.15) is 0 Å². The fourth-order valence-corrected chi connectivity index (χ4v) is 9.62. The number of aromatic nitrogens is 4. The summed E-state index contributed by atoms with van der Waals surface area (Å²) in [5.41, 5.74) is 14.0. The lowest BCUT2D eigenvalue weighted by Gasteiger charge is -2.28. The van der Waals surface area contributed by atoms with Crippen LogP contribution in [0.2, 0.25) is 0 Å². The van der Waals surface area contributed by atoms with Crippen LogP contribution in [-0.4, -0.2) is 19.5 Å². The maximum absolute atomic E-state index is 6.91. The molecule has 5 heteroatoms. The van der Waals surface area contributed by atoms with Crippen molar-refractivity contribution in [1.82, 2.24) is 19.5 Å². The molecule has 0 aliphatic heterocycles. The number of hydrogen-bond acceptors (Lipinski definition) is 4. The minimum absolute atomic E-state index is 0.183. The van der Waals surface area contributed by atoms with Crippen molar-refractivity contribution in [1.29, 1.82) is 0 Å². The molecule has 1 aliphatic rings. The lowest BCUT2D eigenvalue weighted by Crippen LogP contribution is -2.23. The zero-order chi connectivity index (χ0) is 39.1. The first-order chi connectivity index (χ1) is 29.1. The number of fused-ring (bicyclic) bond motifs is 10. The van der Waals surface area contributed by atoms with Crippen LogP contribution in [0.1, 0.15) is 23.6 Å². The molecule has 0 amide bonds. The highest BCUT2D eigenvalue weighted by atomic mass is 16.3. The van der Waals surface area contributed by atoms with E-state index in [4.69, 9.17) is 19.4 Å². The van der Waals surface area contributed by atoms with Gasteiger partial charge in [-0.15, -0.1) is 0 Å². The highest BCUT2D eigenvalue weighted by Gasteiger charge is 2.39. The van der Waals surface area contributed by atoms with Crippen molar-refractivity contribution in [3.05, 3.63) is 205 Å². The molecule has 0 N–H and O–H groups in total. The zero-order valence-electron chi connectivity index (χ0n) is 32.3. The molecule has 0 bridgehead atoms. The first kappa shape index (κ1) is 33.5. The summed E-state index contributed by atoms with van der Waals surface area (Å²) >= 11 is 0. The summed E-state index contributed by atoms with van der Waals surface area (Å²) in [5.74, 6) is 1.86. The Kier molecular flexibility index (Phi) is 7.35. The van der Waals surface area contributed by atoms with E-state index in [1.165, 1.54) is 27.8 Å². The molecule has 0 radical (unpaired) electrons. The number of hydrogen-bond donors (Lipinski definition) is 0. The van der Waals surface area contributed by atoms with Gasteiger partial charge >= 0.3 is 0 Å². The van der Waals surface area contributed by atoms with E-state index >= 15 is 0 Å². The van der Waals surface area contributed by atoms with Crippen LogP contribution in [0.4, 0.5) is 0 Å². The average Bonchev–Trinajstić information content (AvgIpc) is 3.93. The summed E-state index contributed by atoms with van der Waals surface area (Å²) in [7, 11) is 0. The maximum Gasteiger partial charge on any atom is 0.164 e. The van der Waals surface area contributed by atoms with Gasteiger partial charge in [0.05, 0.1) is 11.0 Å². The summed E-state index contributed by atoms with van der Waals surface area (Å²) in [4.78, 5) is 15.6. The zero-order valence-corrected chi connectivity index (χ0v) is 32.3. The van der Waals surface area contributed by atoms with Crippen LogP contribution >= 0.6 is 0 Å². The van der Waals surface area contributed by atoms with Gasteiger partial charge in [0.2, 0.25) is 0 Å². The second-order valence-electron chi connectivity index (χ2n) is 15.8. The lowest BCUT2D eigenvalue weighted by atomic mass is 9.75. The molecule has 5 nitrogen and oxygen atoms in total. The third-order valence-corrected chi connectivity index (χ3v) is 12.3. The van der Waals surface area contributed by atoms with Crippen molar-refractivity contribution >= 4 is 43.7 Å². The van der Waals surface area contributed by atoms with E-state index in [1.807, 2.05) is 42.5 Å². The lowest BCUT2D eigenvalue weighted by molar-refractivity contribution is 0.583. The third-order valence-electron chi connectivity index (χ3n) is 12.3. The first-order valence-corrected chi connectivity index (χ1v) is 20.2. The molecule has 0 unspecified atom stereocenters. The quantitative estimate of drug-likeness (QED) is 0.170. The van der Waals surface area contributed by atoms with Gasteiger partial charge in [0.1, 0.15) is 5.58 Å². The van der Waals surface area contributed by atoms with Crippen molar-refractivity contribution in [2.24, 2.45) is 0 Å². The van der Waals surface area contributed by atoms with E-state index in [0.29, 0.717) is 17.5 Å². The van der Waals surface area contributed by atoms with Gasteiger partial charge < -0.3 is 8.98 Å². The van der Waals surface area contributed by atoms with E-state index in [-0.39, 0.29) is 5.41 Å². The molecule has 11 aromatic rings. The molecule has 0 spiro atoms. The van der Waals surface area contributed by atoms with Crippen molar-refractivity contribution in [3.8, 4) is 51.0 Å². The summed E-state index contributed by atoms with van der Waals surface area (Å²) in [6, 6.07) is 66.4. The van der Waals surface area contributed by atoms with Crippen LogP contribution in [0.3, 0.4) is 0 Å². The smallest absolute Gasteiger partial charge is 0.164 e. The first-order valence-electron chi connectivity index (χ1n) is 20.2. The predicted molar refractivity (Wildman–Crippen MR) is 240 cm³/mol. The molecule has 0 saturated heterocycles. The monoisotopic (exact) mass is 756 g/mol. The molecule has 1 atom stereocenters. The highest BCUT2D eigenvalue weighted by Crippen LogP contribution is 2.52. The van der Waals surface area contributed by atoms with Gasteiger partial charge in [-0.05, 0) is 64.6 Å². The maximum atomic E-state index is 6.91. The molecule has 1 aliphatic carbocycles. The molecule has 0 saturated carbocycles. The second-order valence-corrected chi connectivity index (χ2v) is 15.8. The minimum Gasteiger partial charge on any atom is -0.454 e. The summed E-state index contributed by atoms with van der Waals surface area (Å²) in [5, 5.41) is 4.18. The summed E-state index contributed by atoms with van der Waals surface area (Å²) in [6.07, 6.45) is 0.914. The Balaban J connectivity index is 1.17. The van der Waals surface area contributed by atoms with E-state index in [2.05, 4.69) is 157 Å². The number of benzene rings is 8. The van der Waals surface area contributed by atoms with Crippen molar-refractivity contribution in [3.63, 3.8) is 0 Å². The van der Waals surface area contributed by atoms with Crippen molar-refractivity contribution in [2.45, 2.75) is 18.8 Å². The molecule has 8 aromatic carbocycles. The van der Waals surface area contributed by atoms with Gasteiger partial charge in [0, 0.05) is 49.3 Å². The fraction of sp³-hybridized carbons (Fsp3) is 0.0556.